The zero-order valence-corrected chi connectivity index (χ0v) is 10.1. The van der Waals surface area contributed by atoms with Crippen LogP contribution < -0.4 is 5.32 Å². The summed E-state index contributed by atoms with van der Waals surface area (Å²) < 4.78 is 4.84. The normalized spacial score (nSPS) is 13.7. The van der Waals surface area contributed by atoms with Crippen LogP contribution in [0.25, 0.3) is 0 Å². The number of halogens is 1. The van der Waals surface area contributed by atoms with Gasteiger partial charge in [-0.15, -0.1) is 0 Å². The molecule has 1 atom stereocenters. The van der Waals surface area contributed by atoms with Gasteiger partial charge in [-0.25, -0.2) is 0 Å². The molecule has 0 saturated carbocycles. The Balaban J connectivity index is 2.66. The number of nitrogens with one attached hydrogen (secondary N) is 1. The first kappa shape index (κ1) is 11.3. The number of rotatable bonds is 3. The summed E-state index contributed by atoms with van der Waals surface area (Å²) in [4.78, 5) is 11.8. The van der Waals surface area contributed by atoms with Gasteiger partial charge in [0, 0.05) is 10.4 Å². The van der Waals surface area contributed by atoms with Crippen molar-refractivity contribution in [2.45, 2.75) is 31.1 Å². The molecule has 1 unspecified atom stereocenters. The predicted octanol–water partition coefficient (Wildman–Crippen LogP) is 2.57. The van der Waals surface area contributed by atoms with Gasteiger partial charge in [-0.05, 0) is 19.9 Å². The molecule has 0 aliphatic carbocycles. The number of alkyl halides is 1. The molecule has 1 aromatic rings. The van der Waals surface area contributed by atoms with Crippen LogP contribution in [0.4, 0.5) is 0 Å². The third-order valence-electron chi connectivity index (χ3n) is 2.21. The van der Waals surface area contributed by atoms with Crippen LogP contribution >= 0.6 is 15.9 Å². The van der Waals surface area contributed by atoms with E-state index >= 15 is 0 Å². The van der Waals surface area contributed by atoms with E-state index in [1.165, 1.54) is 12.5 Å². The van der Waals surface area contributed by atoms with Crippen LogP contribution in [0.15, 0.2) is 23.0 Å². The molecule has 78 valence electrons. The summed E-state index contributed by atoms with van der Waals surface area (Å²) in [6.45, 7) is 5.92. The Morgan fingerprint density at radius 1 is 1.64 bits per heavy atom. The molecule has 0 bridgehead atoms. The van der Waals surface area contributed by atoms with E-state index in [4.69, 9.17) is 4.42 Å². The van der Waals surface area contributed by atoms with E-state index in [-0.39, 0.29) is 16.3 Å². The molecule has 0 aromatic carbocycles. The highest BCUT2D eigenvalue weighted by atomic mass is 79.9. The van der Waals surface area contributed by atoms with Crippen molar-refractivity contribution >= 4 is 21.8 Å². The van der Waals surface area contributed by atoms with Crippen LogP contribution in [0.1, 0.15) is 31.1 Å². The van der Waals surface area contributed by atoms with Crippen LogP contribution in [-0.4, -0.2) is 16.3 Å². The number of amides is 1. The lowest BCUT2D eigenvalue weighted by atomic mass is 10.0. The van der Waals surface area contributed by atoms with Gasteiger partial charge < -0.3 is 9.73 Å². The van der Waals surface area contributed by atoms with Gasteiger partial charge in [0.05, 0.1) is 11.8 Å². The van der Waals surface area contributed by atoms with Gasteiger partial charge in [0.2, 0.25) is 0 Å². The minimum atomic E-state index is -0.283. The van der Waals surface area contributed by atoms with E-state index in [2.05, 4.69) is 21.2 Å². The Morgan fingerprint density at radius 3 is 2.71 bits per heavy atom. The summed E-state index contributed by atoms with van der Waals surface area (Å²) in [5.41, 5.74) is 0.264. The smallest absolute Gasteiger partial charge is 0.254 e. The van der Waals surface area contributed by atoms with E-state index in [9.17, 15) is 4.79 Å². The molecule has 4 heteroatoms. The first-order valence-corrected chi connectivity index (χ1v) is 5.34. The van der Waals surface area contributed by atoms with E-state index in [1.807, 2.05) is 20.8 Å². The molecule has 0 radical (unpaired) electrons. The van der Waals surface area contributed by atoms with Crippen LogP contribution in [0.2, 0.25) is 0 Å². The Morgan fingerprint density at radius 2 is 2.29 bits per heavy atom. The number of furan rings is 1. The molecule has 1 rings (SSSR count). The minimum absolute atomic E-state index is 0.116. The highest BCUT2D eigenvalue weighted by molar-refractivity contribution is 9.09. The van der Waals surface area contributed by atoms with Crippen molar-refractivity contribution < 1.29 is 9.21 Å². The van der Waals surface area contributed by atoms with Crippen molar-refractivity contribution in [1.82, 2.24) is 5.32 Å². The average Bonchev–Trinajstić information content (AvgIpc) is 2.54. The number of hydrogen-bond donors (Lipinski definition) is 1. The maximum Gasteiger partial charge on any atom is 0.254 e. The average molecular weight is 260 g/mol. The van der Waals surface area contributed by atoms with Crippen molar-refractivity contribution in [1.29, 1.82) is 0 Å². The zero-order chi connectivity index (χ0) is 10.8. The second-order valence-corrected chi connectivity index (χ2v) is 5.18. The second-order valence-electron chi connectivity index (χ2n) is 3.80. The van der Waals surface area contributed by atoms with Gasteiger partial charge >= 0.3 is 0 Å². The monoisotopic (exact) mass is 259 g/mol. The van der Waals surface area contributed by atoms with Crippen LogP contribution in [0.3, 0.4) is 0 Å². The van der Waals surface area contributed by atoms with Gasteiger partial charge in [-0.2, -0.15) is 0 Å². The lowest BCUT2D eigenvalue weighted by Crippen LogP contribution is -2.48. The Bertz CT molecular complexity index is 304. The lowest BCUT2D eigenvalue weighted by molar-refractivity contribution is 0.0913. The van der Waals surface area contributed by atoms with Gasteiger partial charge in [0.1, 0.15) is 6.26 Å². The molecule has 0 spiro atoms. The largest absolute Gasteiger partial charge is 0.472 e. The van der Waals surface area contributed by atoms with Gasteiger partial charge in [-0.1, -0.05) is 22.9 Å². The van der Waals surface area contributed by atoms with Gasteiger partial charge in [0.25, 0.3) is 5.91 Å². The third kappa shape index (κ3) is 2.61. The molecule has 0 aliphatic rings. The van der Waals surface area contributed by atoms with Crippen molar-refractivity contribution in [3.8, 4) is 0 Å². The molecule has 3 nitrogen and oxygen atoms in total. The molecule has 14 heavy (non-hydrogen) atoms. The number of carbonyl (C=O) groups excluding carboxylic acids is 1. The standard InChI is InChI=1S/C10H14BrNO2/c1-7(11)10(2,3)12-9(13)8-4-5-14-6-8/h4-7H,1-3H3,(H,12,13). The first-order valence-electron chi connectivity index (χ1n) is 4.42. The molecular weight excluding hydrogens is 246 g/mol. The maximum absolute atomic E-state index is 11.6. The van der Waals surface area contributed by atoms with Crippen molar-refractivity contribution in [3.63, 3.8) is 0 Å². The van der Waals surface area contributed by atoms with E-state index in [0.717, 1.165) is 0 Å². The van der Waals surface area contributed by atoms with Crippen LogP contribution in [-0.2, 0) is 0 Å². The summed E-state index contributed by atoms with van der Waals surface area (Å²) in [5.74, 6) is -0.116. The fourth-order valence-corrected chi connectivity index (χ4v) is 0.972. The van der Waals surface area contributed by atoms with E-state index < -0.39 is 0 Å². The summed E-state index contributed by atoms with van der Waals surface area (Å²) in [5, 5.41) is 2.91. The molecular formula is C10H14BrNO2. The van der Waals surface area contributed by atoms with Crippen molar-refractivity contribution in [3.05, 3.63) is 24.2 Å². The Labute approximate surface area is 92.0 Å². The Kier molecular flexibility index (Phi) is 3.37. The highest BCUT2D eigenvalue weighted by Gasteiger charge is 2.26. The number of hydrogen-bond acceptors (Lipinski definition) is 2. The third-order valence-corrected chi connectivity index (χ3v) is 3.36. The van der Waals surface area contributed by atoms with E-state index in [0.29, 0.717) is 5.56 Å². The molecule has 1 heterocycles. The lowest BCUT2D eigenvalue weighted by Gasteiger charge is -2.28. The number of carbonyl (C=O) groups is 1. The predicted molar refractivity (Wildman–Crippen MR) is 58.6 cm³/mol. The molecule has 1 aromatic heterocycles. The topological polar surface area (TPSA) is 42.2 Å². The van der Waals surface area contributed by atoms with Crippen LogP contribution in [0.5, 0.6) is 0 Å². The summed E-state index contributed by atoms with van der Waals surface area (Å²) >= 11 is 3.45. The highest BCUT2D eigenvalue weighted by Crippen LogP contribution is 2.17. The quantitative estimate of drug-likeness (QED) is 0.848. The summed E-state index contributed by atoms with van der Waals surface area (Å²) in [7, 11) is 0. The molecule has 1 N–H and O–H groups in total. The Hall–Kier alpha value is -0.770. The second kappa shape index (κ2) is 4.17. The van der Waals surface area contributed by atoms with Gasteiger partial charge in [0.15, 0.2) is 0 Å². The molecule has 1 amide bonds. The summed E-state index contributed by atoms with van der Waals surface area (Å²) in [6, 6.07) is 1.64. The zero-order valence-electron chi connectivity index (χ0n) is 8.50. The van der Waals surface area contributed by atoms with E-state index in [1.54, 1.807) is 6.07 Å². The fourth-order valence-electron chi connectivity index (χ4n) is 0.858. The van der Waals surface area contributed by atoms with Crippen molar-refractivity contribution in [2.75, 3.05) is 0 Å². The van der Waals surface area contributed by atoms with Crippen LogP contribution in [0, 0.1) is 0 Å². The molecule has 0 fully saturated rings. The van der Waals surface area contributed by atoms with Gasteiger partial charge in [-0.3, -0.25) is 4.79 Å². The maximum atomic E-state index is 11.6. The first-order chi connectivity index (χ1) is 6.43. The SMILES string of the molecule is CC(Br)C(C)(C)NC(=O)c1ccoc1. The fraction of sp³-hybridized carbons (Fsp3) is 0.500. The summed E-state index contributed by atoms with van der Waals surface area (Å²) in [6.07, 6.45) is 2.92. The minimum Gasteiger partial charge on any atom is -0.472 e. The molecule has 0 aliphatic heterocycles. The molecule has 0 saturated heterocycles. The van der Waals surface area contributed by atoms with Crippen molar-refractivity contribution in [2.24, 2.45) is 0 Å².